The van der Waals surface area contributed by atoms with Crippen LogP contribution in [0.4, 0.5) is 0 Å². The Morgan fingerprint density at radius 3 is 2.69 bits per heavy atom. The molecule has 0 radical (unpaired) electrons. The molecule has 0 saturated carbocycles. The minimum absolute atomic E-state index is 0.254. The van der Waals surface area contributed by atoms with Gasteiger partial charge in [-0.05, 0) is 36.6 Å². The van der Waals surface area contributed by atoms with Gasteiger partial charge in [-0.15, -0.1) is 0 Å². The number of amides is 1. The Morgan fingerprint density at radius 2 is 1.93 bits per heavy atom. The fourth-order valence-corrected chi connectivity index (χ4v) is 3.29. The van der Waals surface area contributed by atoms with Crippen LogP contribution < -0.4 is 15.4 Å². The Labute approximate surface area is 173 Å². The summed E-state index contributed by atoms with van der Waals surface area (Å²) < 4.78 is 5.71. The Hall–Kier alpha value is -3.02. The first-order chi connectivity index (χ1) is 14.2. The number of benzene rings is 2. The SMILES string of the molecule is CCNC(=NCc1cccc(CN2CCCC2=O)c1)NCCOc1ccccc1. The molecule has 2 aromatic rings. The van der Waals surface area contributed by atoms with Crippen LogP contribution in [0.3, 0.4) is 0 Å². The predicted octanol–water partition coefficient (Wildman–Crippen LogP) is 2.94. The molecule has 0 bridgehead atoms. The average Bonchev–Trinajstić information content (AvgIpc) is 3.15. The quantitative estimate of drug-likeness (QED) is 0.390. The number of para-hydroxylation sites is 1. The lowest BCUT2D eigenvalue weighted by molar-refractivity contribution is -0.128. The smallest absolute Gasteiger partial charge is 0.222 e. The van der Waals surface area contributed by atoms with Gasteiger partial charge in [0.15, 0.2) is 5.96 Å². The monoisotopic (exact) mass is 394 g/mol. The summed E-state index contributed by atoms with van der Waals surface area (Å²) in [7, 11) is 0. The van der Waals surface area contributed by atoms with Gasteiger partial charge in [0, 0.05) is 26.1 Å². The van der Waals surface area contributed by atoms with Crippen molar-refractivity contribution in [3.8, 4) is 5.75 Å². The van der Waals surface area contributed by atoms with E-state index in [-0.39, 0.29) is 5.91 Å². The highest BCUT2D eigenvalue weighted by molar-refractivity contribution is 5.79. The summed E-state index contributed by atoms with van der Waals surface area (Å²) in [6.45, 7) is 6.20. The lowest BCUT2D eigenvalue weighted by atomic mass is 10.1. The number of guanidine groups is 1. The van der Waals surface area contributed by atoms with Crippen molar-refractivity contribution >= 4 is 11.9 Å². The molecule has 0 atom stereocenters. The zero-order valence-corrected chi connectivity index (χ0v) is 17.1. The number of carbonyl (C=O) groups excluding carboxylic acids is 1. The average molecular weight is 395 g/mol. The highest BCUT2D eigenvalue weighted by atomic mass is 16.5. The van der Waals surface area contributed by atoms with Crippen LogP contribution >= 0.6 is 0 Å². The Bertz CT molecular complexity index is 808. The topological polar surface area (TPSA) is 66.0 Å². The van der Waals surface area contributed by atoms with Gasteiger partial charge >= 0.3 is 0 Å². The van der Waals surface area contributed by atoms with Crippen molar-refractivity contribution in [2.75, 3.05) is 26.2 Å². The van der Waals surface area contributed by atoms with Gasteiger partial charge in [-0.1, -0.05) is 42.5 Å². The van der Waals surface area contributed by atoms with E-state index in [1.165, 1.54) is 0 Å². The second-order valence-electron chi connectivity index (χ2n) is 7.02. The summed E-state index contributed by atoms with van der Waals surface area (Å²) in [6, 6.07) is 18.1. The van der Waals surface area contributed by atoms with E-state index in [9.17, 15) is 4.79 Å². The number of nitrogens with one attached hydrogen (secondary N) is 2. The molecule has 1 saturated heterocycles. The standard InChI is InChI=1S/C23H30N4O2/c1-2-24-23(25-13-15-29-21-10-4-3-5-11-21)26-17-19-8-6-9-20(16-19)18-27-14-7-12-22(27)28/h3-6,8-11,16H,2,7,12-15,17-18H2,1H3,(H2,24,25,26). The van der Waals surface area contributed by atoms with E-state index in [0.717, 1.165) is 42.3 Å². The molecule has 6 nitrogen and oxygen atoms in total. The van der Waals surface area contributed by atoms with Crippen molar-refractivity contribution in [1.29, 1.82) is 0 Å². The first-order valence-electron chi connectivity index (χ1n) is 10.3. The number of ether oxygens (including phenoxy) is 1. The molecule has 0 aromatic heterocycles. The molecule has 1 fully saturated rings. The van der Waals surface area contributed by atoms with Crippen LogP contribution in [0, 0.1) is 0 Å². The molecule has 6 heteroatoms. The van der Waals surface area contributed by atoms with Gasteiger partial charge in [0.2, 0.25) is 5.91 Å². The Kier molecular flexibility index (Phi) is 7.92. The van der Waals surface area contributed by atoms with Crippen LogP contribution in [0.5, 0.6) is 5.75 Å². The summed E-state index contributed by atoms with van der Waals surface area (Å²) >= 11 is 0. The van der Waals surface area contributed by atoms with Crippen LogP contribution in [0.1, 0.15) is 30.9 Å². The van der Waals surface area contributed by atoms with E-state index in [1.807, 2.05) is 48.2 Å². The van der Waals surface area contributed by atoms with E-state index >= 15 is 0 Å². The molecule has 0 unspecified atom stereocenters. The minimum Gasteiger partial charge on any atom is -0.492 e. The van der Waals surface area contributed by atoms with Crippen LogP contribution in [-0.4, -0.2) is 43.0 Å². The number of hydrogen-bond donors (Lipinski definition) is 2. The molecule has 2 aromatic carbocycles. The Balaban J connectivity index is 1.49. The minimum atomic E-state index is 0.254. The summed E-state index contributed by atoms with van der Waals surface area (Å²) in [5.74, 6) is 1.89. The predicted molar refractivity (Wildman–Crippen MR) is 116 cm³/mol. The van der Waals surface area contributed by atoms with Crippen molar-refractivity contribution < 1.29 is 9.53 Å². The second kappa shape index (κ2) is 11.1. The normalized spacial score (nSPS) is 14.2. The van der Waals surface area contributed by atoms with E-state index in [0.29, 0.717) is 32.7 Å². The molecular weight excluding hydrogens is 364 g/mol. The largest absolute Gasteiger partial charge is 0.492 e. The van der Waals surface area contributed by atoms with E-state index in [4.69, 9.17) is 4.74 Å². The molecule has 1 aliphatic heterocycles. The van der Waals surface area contributed by atoms with Gasteiger partial charge in [0.25, 0.3) is 0 Å². The molecule has 1 amide bonds. The summed E-state index contributed by atoms with van der Waals surface area (Å²) in [5.41, 5.74) is 2.29. The Morgan fingerprint density at radius 1 is 1.10 bits per heavy atom. The zero-order valence-electron chi connectivity index (χ0n) is 17.1. The molecule has 2 N–H and O–H groups in total. The van der Waals surface area contributed by atoms with E-state index in [2.05, 4.69) is 33.8 Å². The maximum absolute atomic E-state index is 11.8. The zero-order chi connectivity index (χ0) is 20.3. The molecule has 1 heterocycles. The van der Waals surface area contributed by atoms with Gasteiger partial charge < -0.3 is 20.3 Å². The van der Waals surface area contributed by atoms with Crippen LogP contribution in [0.2, 0.25) is 0 Å². The first-order valence-corrected chi connectivity index (χ1v) is 10.3. The number of likely N-dealkylation sites (tertiary alicyclic amines) is 1. The molecular formula is C23H30N4O2. The third-order valence-electron chi connectivity index (χ3n) is 4.71. The van der Waals surface area contributed by atoms with Crippen LogP contribution in [0.15, 0.2) is 59.6 Å². The summed E-state index contributed by atoms with van der Waals surface area (Å²) in [6.07, 6.45) is 1.64. The van der Waals surface area contributed by atoms with Gasteiger partial charge in [0.05, 0.1) is 13.1 Å². The maximum atomic E-state index is 11.8. The van der Waals surface area contributed by atoms with Crippen molar-refractivity contribution in [2.24, 2.45) is 4.99 Å². The van der Waals surface area contributed by atoms with Gasteiger partial charge in [0.1, 0.15) is 12.4 Å². The molecule has 1 aliphatic rings. The summed E-state index contributed by atoms with van der Waals surface area (Å²) in [4.78, 5) is 18.4. The second-order valence-corrected chi connectivity index (χ2v) is 7.02. The van der Waals surface area contributed by atoms with Gasteiger partial charge in [-0.3, -0.25) is 4.79 Å². The van der Waals surface area contributed by atoms with E-state index < -0.39 is 0 Å². The highest BCUT2D eigenvalue weighted by Crippen LogP contribution is 2.15. The van der Waals surface area contributed by atoms with Crippen LogP contribution in [0.25, 0.3) is 0 Å². The lowest BCUT2D eigenvalue weighted by Crippen LogP contribution is -2.39. The fourth-order valence-electron chi connectivity index (χ4n) is 3.29. The van der Waals surface area contributed by atoms with Crippen molar-refractivity contribution in [2.45, 2.75) is 32.9 Å². The first kappa shape index (κ1) is 20.7. The number of aliphatic imine (C=N–C) groups is 1. The molecule has 154 valence electrons. The van der Waals surface area contributed by atoms with Gasteiger partial charge in [-0.2, -0.15) is 0 Å². The molecule has 29 heavy (non-hydrogen) atoms. The summed E-state index contributed by atoms with van der Waals surface area (Å²) in [5, 5.41) is 6.56. The number of carbonyl (C=O) groups is 1. The molecule has 0 aliphatic carbocycles. The highest BCUT2D eigenvalue weighted by Gasteiger charge is 2.19. The maximum Gasteiger partial charge on any atom is 0.222 e. The third kappa shape index (κ3) is 6.82. The van der Waals surface area contributed by atoms with Crippen molar-refractivity contribution in [3.05, 3.63) is 65.7 Å². The molecule has 0 spiro atoms. The number of nitrogens with zero attached hydrogens (tertiary/aromatic N) is 2. The van der Waals surface area contributed by atoms with E-state index in [1.54, 1.807) is 0 Å². The van der Waals surface area contributed by atoms with Gasteiger partial charge in [-0.25, -0.2) is 4.99 Å². The fraction of sp³-hybridized carbons (Fsp3) is 0.391. The number of hydrogen-bond acceptors (Lipinski definition) is 3. The van der Waals surface area contributed by atoms with Crippen molar-refractivity contribution in [3.63, 3.8) is 0 Å². The third-order valence-corrected chi connectivity index (χ3v) is 4.71. The lowest BCUT2D eigenvalue weighted by Gasteiger charge is -2.16. The van der Waals surface area contributed by atoms with Crippen LogP contribution in [-0.2, 0) is 17.9 Å². The van der Waals surface area contributed by atoms with Crippen molar-refractivity contribution in [1.82, 2.24) is 15.5 Å². The molecule has 3 rings (SSSR count). The number of rotatable bonds is 9.